The third kappa shape index (κ3) is 3.49. The molecule has 5 heteroatoms. The van der Waals surface area contributed by atoms with E-state index in [1.165, 1.54) is 6.07 Å². The molecule has 0 aliphatic heterocycles. The van der Waals surface area contributed by atoms with Crippen LogP contribution in [0.25, 0.3) is 0 Å². The summed E-state index contributed by atoms with van der Waals surface area (Å²) in [6.07, 6.45) is -0.0372. The van der Waals surface area contributed by atoms with Gasteiger partial charge in [0.25, 0.3) is 0 Å². The zero-order valence-corrected chi connectivity index (χ0v) is 9.71. The van der Waals surface area contributed by atoms with Crippen LogP contribution in [-0.2, 0) is 4.79 Å². The number of carbonyl (C=O) groups is 1. The second-order valence-corrected chi connectivity index (χ2v) is 4.02. The fourth-order valence-electron chi connectivity index (χ4n) is 1.88. The van der Waals surface area contributed by atoms with E-state index < -0.39 is 17.6 Å². The SMILES string of the molecule is CNC(c1ccc(F)c(F)c1)C(C)CC(=O)O. The minimum atomic E-state index is -0.926. The van der Waals surface area contributed by atoms with Gasteiger partial charge >= 0.3 is 5.97 Å². The molecule has 2 atom stereocenters. The summed E-state index contributed by atoms with van der Waals surface area (Å²) in [7, 11) is 1.66. The lowest BCUT2D eigenvalue weighted by atomic mass is 9.92. The maximum absolute atomic E-state index is 13.1. The molecule has 0 saturated heterocycles. The summed E-state index contributed by atoms with van der Waals surface area (Å²) < 4.78 is 25.9. The van der Waals surface area contributed by atoms with Gasteiger partial charge in [-0.2, -0.15) is 0 Å². The Labute approximate surface area is 98.5 Å². The molecule has 17 heavy (non-hydrogen) atoms. The van der Waals surface area contributed by atoms with Gasteiger partial charge in [-0.1, -0.05) is 13.0 Å². The van der Waals surface area contributed by atoms with E-state index in [0.29, 0.717) is 5.56 Å². The van der Waals surface area contributed by atoms with Crippen molar-refractivity contribution in [3.63, 3.8) is 0 Å². The third-order valence-corrected chi connectivity index (χ3v) is 2.68. The first-order chi connectivity index (χ1) is 7.95. The highest BCUT2D eigenvalue weighted by atomic mass is 19.2. The van der Waals surface area contributed by atoms with Crippen LogP contribution in [0.1, 0.15) is 24.9 Å². The highest BCUT2D eigenvalue weighted by molar-refractivity contribution is 5.67. The Morgan fingerprint density at radius 3 is 2.53 bits per heavy atom. The highest BCUT2D eigenvalue weighted by Gasteiger charge is 2.21. The van der Waals surface area contributed by atoms with Gasteiger partial charge in [-0.05, 0) is 30.7 Å². The van der Waals surface area contributed by atoms with Gasteiger partial charge < -0.3 is 10.4 Å². The molecule has 0 bridgehead atoms. The van der Waals surface area contributed by atoms with Crippen molar-refractivity contribution in [2.75, 3.05) is 7.05 Å². The molecule has 0 aliphatic rings. The summed E-state index contributed by atoms with van der Waals surface area (Å²) in [6, 6.07) is 3.27. The summed E-state index contributed by atoms with van der Waals surface area (Å²) in [6.45, 7) is 1.75. The van der Waals surface area contributed by atoms with Crippen LogP contribution in [0.2, 0.25) is 0 Å². The van der Waals surface area contributed by atoms with Crippen LogP contribution in [0.4, 0.5) is 8.78 Å². The Balaban J connectivity index is 2.92. The Bertz CT molecular complexity index is 409. The first-order valence-electron chi connectivity index (χ1n) is 5.29. The Morgan fingerprint density at radius 2 is 2.06 bits per heavy atom. The maximum Gasteiger partial charge on any atom is 0.303 e. The van der Waals surface area contributed by atoms with Gasteiger partial charge in [-0.25, -0.2) is 8.78 Å². The van der Waals surface area contributed by atoms with Gasteiger partial charge in [0.1, 0.15) is 0 Å². The van der Waals surface area contributed by atoms with Crippen LogP contribution in [0.15, 0.2) is 18.2 Å². The average Bonchev–Trinajstić information content (AvgIpc) is 2.23. The smallest absolute Gasteiger partial charge is 0.303 e. The van der Waals surface area contributed by atoms with Gasteiger partial charge in [0, 0.05) is 12.5 Å². The third-order valence-electron chi connectivity index (χ3n) is 2.68. The molecule has 0 aliphatic carbocycles. The summed E-state index contributed by atoms with van der Waals surface area (Å²) in [5.41, 5.74) is 0.542. The topological polar surface area (TPSA) is 49.3 Å². The van der Waals surface area contributed by atoms with Crippen molar-refractivity contribution in [3.05, 3.63) is 35.4 Å². The predicted octanol–water partition coefficient (Wildman–Crippen LogP) is 2.34. The standard InChI is InChI=1S/C12H15F2NO2/c1-7(5-11(16)17)12(15-2)8-3-4-9(13)10(14)6-8/h3-4,6-7,12,15H,5H2,1-2H3,(H,16,17). The fourth-order valence-corrected chi connectivity index (χ4v) is 1.88. The van der Waals surface area contributed by atoms with Crippen LogP contribution in [0.5, 0.6) is 0 Å². The molecule has 0 spiro atoms. The van der Waals surface area contributed by atoms with Crippen molar-refractivity contribution < 1.29 is 18.7 Å². The molecular weight excluding hydrogens is 228 g/mol. The maximum atomic E-state index is 13.1. The number of carboxylic acid groups (broad SMARTS) is 1. The number of rotatable bonds is 5. The largest absolute Gasteiger partial charge is 0.481 e. The quantitative estimate of drug-likeness (QED) is 0.834. The lowest BCUT2D eigenvalue weighted by Gasteiger charge is -2.22. The number of carboxylic acids is 1. The minimum absolute atomic E-state index is 0.0372. The van der Waals surface area contributed by atoms with E-state index in [2.05, 4.69) is 5.32 Å². The molecule has 1 rings (SSSR count). The minimum Gasteiger partial charge on any atom is -0.481 e. The van der Waals surface area contributed by atoms with Crippen LogP contribution >= 0.6 is 0 Å². The molecule has 0 saturated carbocycles. The number of halogens is 2. The molecular formula is C12H15F2NO2. The monoisotopic (exact) mass is 243 g/mol. The van der Waals surface area contributed by atoms with Crippen LogP contribution in [0, 0.1) is 17.6 Å². The van der Waals surface area contributed by atoms with Gasteiger partial charge in [0.05, 0.1) is 0 Å². The molecule has 3 nitrogen and oxygen atoms in total. The van der Waals surface area contributed by atoms with Crippen LogP contribution < -0.4 is 5.32 Å². The molecule has 1 aromatic rings. The number of nitrogens with one attached hydrogen (secondary N) is 1. The molecule has 0 aromatic heterocycles. The van der Waals surface area contributed by atoms with Gasteiger partial charge in [-0.15, -0.1) is 0 Å². The van der Waals surface area contributed by atoms with Gasteiger partial charge in [-0.3, -0.25) is 4.79 Å². The zero-order chi connectivity index (χ0) is 13.0. The predicted molar refractivity (Wildman–Crippen MR) is 59.6 cm³/mol. The molecule has 2 unspecified atom stereocenters. The van der Waals surface area contributed by atoms with Crippen molar-refractivity contribution in [2.45, 2.75) is 19.4 Å². The Kier molecular flexibility index (Phi) is 4.57. The lowest BCUT2D eigenvalue weighted by Crippen LogP contribution is -2.25. The van der Waals surface area contributed by atoms with E-state index >= 15 is 0 Å². The highest BCUT2D eigenvalue weighted by Crippen LogP contribution is 2.25. The lowest BCUT2D eigenvalue weighted by molar-refractivity contribution is -0.138. The second-order valence-electron chi connectivity index (χ2n) is 4.02. The van der Waals surface area contributed by atoms with E-state index in [4.69, 9.17) is 5.11 Å². The first kappa shape index (κ1) is 13.6. The van der Waals surface area contributed by atoms with Crippen molar-refractivity contribution in [1.29, 1.82) is 0 Å². The zero-order valence-electron chi connectivity index (χ0n) is 9.71. The molecule has 0 radical (unpaired) electrons. The first-order valence-corrected chi connectivity index (χ1v) is 5.29. The number of hydrogen-bond acceptors (Lipinski definition) is 2. The van der Waals surface area contributed by atoms with Gasteiger partial charge in [0.2, 0.25) is 0 Å². The van der Waals surface area contributed by atoms with Gasteiger partial charge in [0.15, 0.2) is 11.6 Å². The van der Waals surface area contributed by atoms with E-state index in [0.717, 1.165) is 12.1 Å². The van der Waals surface area contributed by atoms with E-state index in [1.54, 1.807) is 14.0 Å². The second kappa shape index (κ2) is 5.72. The number of aliphatic carboxylic acids is 1. The molecule has 1 aromatic carbocycles. The summed E-state index contributed by atoms with van der Waals surface area (Å²) in [5.74, 6) is -2.97. The summed E-state index contributed by atoms with van der Waals surface area (Å²) >= 11 is 0. The van der Waals surface area contributed by atoms with Crippen molar-refractivity contribution in [2.24, 2.45) is 5.92 Å². The molecule has 0 fully saturated rings. The Hall–Kier alpha value is -1.49. The fraction of sp³-hybridized carbons (Fsp3) is 0.417. The van der Waals surface area contributed by atoms with Crippen LogP contribution in [-0.4, -0.2) is 18.1 Å². The Morgan fingerprint density at radius 1 is 1.41 bits per heavy atom. The average molecular weight is 243 g/mol. The molecule has 94 valence electrons. The number of benzene rings is 1. The van der Waals surface area contributed by atoms with Crippen molar-refractivity contribution >= 4 is 5.97 Å². The number of hydrogen-bond donors (Lipinski definition) is 2. The normalized spacial score (nSPS) is 14.4. The van der Waals surface area contributed by atoms with Crippen molar-refractivity contribution in [1.82, 2.24) is 5.32 Å². The molecule has 0 amide bonds. The summed E-state index contributed by atoms with van der Waals surface area (Å²) in [5, 5.41) is 11.6. The molecule has 0 heterocycles. The summed E-state index contributed by atoms with van der Waals surface area (Å²) in [4.78, 5) is 10.6. The van der Waals surface area contributed by atoms with E-state index in [9.17, 15) is 13.6 Å². The van der Waals surface area contributed by atoms with E-state index in [-0.39, 0.29) is 18.4 Å². The van der Waals surface area contributed by atoms with Crippen LogP contribution in [0.3, 0.4) is 0 Å². The molecule has 2 N–H and O–H groups in total. The van der Waals surface area contributed by atoms with Crippen molar-refractivity contribution in [3.8, 4) is 0 Å². The van der Waals surface area contributed by atoms with E-state index in [1.807, 2.05) is 0 Å².